The zero-order valence-electron chi connectivity index (χ0n) is 8.97. The highest BCUT2D eigenvalue weighted by Crippen LogP contribution is 2.19. The van der Waals surface area contributed by atoms with Gasteiger partial charge in [-0.2, -0.15) is 5.10 Å². The van der Waals surface area contributed by atoms with E-state index in [1.54, 1.807) is 12.4 Å². The van der Waals surface area contributed by atoms with Crippen LogP contribution in [0.3, 0.4) is 0 Å². The molecule has 0 aromatic carbocycles. The Hall–Kier alpha value is -1.36. The summed E-state index contributed by atoms with van der Waals surface area (Å²) in [7, 11) is 0. The molecule has 2 aromatic rings. The Kier molecular flexibility index (Phi) is 3.56. The molecule has 5 heteroatoms. The van der Waals surface area contributed by atoms with Gasteiger partial charge in [0.2, 0.25) is 0 Å². The number of hydrogen-bond donors (Lipinski definition) is 1. The van der Waals surface area contributed by atoms with Crippen LogP contribution in [-0.2, 0) is 6.54 Å². The Morgan fingerprint density at radius 3 is 3.00 bits per heavy atom. The molecule has 2 heterocycles. The van der Waals surface area contributed by atoms with Gasteiger partial charge in [0.15, 0.2) is 0 Å². The van der Waals surface area contributed by atoms with Crippen LogP contribution in [0.5, 0.6) is 0 Å². The van der Waals surface area contributed by atoms with E-state index in [0.717, 1.165) is 16.8 Å². The average molecular weight is 281 g/mol. The first-order valence-corrected chi connectivity index (χ1v) is 5.89. The highest BCUT2D eigenvalue weighted by molar-refractivity contribution is 9.10. The third-order valence-electron chi connectivity index (χ3n) is 2.16. The monoisotopic (exact) mass is 280 g/mol. The maximum absolute atomic E-state index is 4.26. The van der Waals surface area contributed by atoms with Gasteiger partial charge in [0.05, 0.1) is 11.0 Å². The number of hydrogen-bond acceptors (Lipinski definition) is 3. The van der Waals surface area contributed by atoms with E-state index in [0.29, 0.717) is 0 Å². The molecule has 0 saturated carbocycles. The minimum absolute atomic E-state index is 0.270. The summed E-state index contributed by atoms with van der Waals surface area (Å²) in [5, 5.41) is 7.49. The molecule has 4 nitrogen and oxygen atoms in total. The number of nitrogens with one attached hydrogen (secondary N) is 1. The van der Waals surface area contributed by atoms with E-state index in [2.05, 4.69) is 38.3 Å². The topological polar surface area (TPSA) is 42.7 Å². The van der Waals surface area contributed by atoms with Crippen molar-refractivity contribution >= 4 is 21.7 Å². The molecular formula is C11H13BrN4. The van der Waals surface area contributed by atoms with Gasteiger partial charge < -0.3 is 5.32 Å². The minimum atomic E-state index is 0.270. The normalized spacial score (nSPS) is 12.4. The Morgan fingerprint density at radius 1 is 1.44 bits per heavy atom. The van der Waals surface area contributed by atoms with Crippen molar-refractivity contribution in [2.24, 2.45) is 0 Å². The lowest BCUT2D eigenvalue weighted by atomic mass is 10.3. The Bertz CT molecular complexity index is 441. The smallest absolute Gasteiger partial charge is 0.140 e. The van der Waals surface area contributed by atoms with E-state index < -0.39 is 0 Å². The molecule has 2 aromatic heterocycles. The maximum Gasteiger partial charge on any atom is 0.140 e. The summed E-state index contributed by atoms with van der Waals surface area (Å²) in [4.78, 5) is 4.26. The Labute approximate surface area is 103 Å². The zero-order valence-corrected chi connectivity index (χ0v) is 10.6. The van der Waals surface area contributed by atoms with Crippen LogP contribution < -0.4 is 5.32 Å². The Morgan fingerprint density at radius 2 is 2.31 bits per heavy atom. The van der Waals surface area contributed by atoms with E-state index in [9.17, 15) is 0 Å². The zero-order chi connectivity index (χ0) is 11.4. The lowest BCUT2D eigenvalue weighted by molar-refractivity contribution is 0.559. The molecule has 0 fully saturated rings. The van der Waals surface area contributed by atoms with Crippen LogP contribution in [0.2, 0.25) is 0 Å². The molecule has 1 N–H and O–H groups in total. The second-order valence-corrected chi connectivity index (χ2v) is 4.46. The van der Waals surface area contributed by atoms with Crippen LogP contribution in [0.4, 0.5) is 5.82 Å². The molecule has 0 saturated heterocycles. The van der Waals surface area contributed by atoms with Crippen LogP contribution in [0.25, 0.3) is 0 Å². The van der Waals surface area contributed by atoms with Gasteiger partial charge in [-0.25, -0.2) is 4.98 Å². The number of aromatic nitrogens is 3. The first-order chi connectivity index (χ1) is 7.75. The highest BCUT2D eigenvalue weighted by Gasteiger charge is 2.06. The molecule has 1 atom stereocenters. The van der Waals surface area contributed by atoms with E-state index in [-0.39, 0.29) is 6.04 Å². The second-order valence-electron chi connectivity index (χ2n) is 3.61. The average Bonchev–Trinajstić information content (AvgIpc) is 2.74. The van der Waals surface area contributed by atoms with Crippen molar-refractivity contribution in [2.75, 3.05) is 5.32 Å². The number of pyridine rings is 1. The van der Waals surface area contributed by atoms with E-state index in [1.807, 2.05) is 29.1 Å². The number of anilines is 1. The fourth-order valence-corrected chi connectivity index (χ4v) is 1.83. The standard InChI is InChI=1S/C11H13BrN4/c1-9(8-16-7-3-6-14-16)15-11-10(12)4-2-5-13-11/h2-7,9H,8H2,1H3,(H,13,15). The molecule has 0 radical (unpaired) electrons. The molecule has 1 unspecified atom stereocenters. The molecule has 16 heavy (non-hydrogen) atoms. The summed E-state index contributed by atoms with van der Waals surface area (Å²) in [6, 6.07) is 6.05. The van der Waals surface area contributed by atoms with E-state index >= 15 is 0 Å². The first kappa shape index (κ1) is 11.1. The lowest BCUT2D eigenvalue weighted by Gasteiger charge is -2.15. The summed E-state index contributed by atoms with van der Waals surface area (Å²) in [5.74, 6) is 0.863. The van der Waals surface area contributed by atoms with Crippen molar-refractivity contribution in [1.29, 1.82) is 0 Å². The maximum atomic E-state index is 4.26. The van der Waals surface area contributed by atoms with Crippen LogP contribution in [0.15, 0.2) is 41.3 Å². The number of nitrogens with zero attached hydrogens (tertiary/aromatic N) is 3. The summed E-state index contributed by atoms with van der Waals surface area (Å²) in [6.45, 7) is 2.92. The van der Waals surface area contributed by atoms with Gasteiger partial charge in [0.25, 0.3) is 0 Å². The van der Waals surface area contributed by atoms with Gasteiger partial charge in [-0.3, -0.25) is 4.68 Å². The highest BCUT2D eigenvalue weighted by atomic mass is 79.9. The van der Waals surface area contributed by atoms with Crippen LogP contribution in [0, 0.1) is 0 Å². The van der Waals surface area contributed by atoms with Crippen LogP contribution >= 0.6 is 15.9 Å². The minimum Gasteiger partial charge on any atom is -0.365 e. The van der Waals surface area contributed by atoms with Gasteiger partial charge in [-0.1, -0.05) is 0 Å². The van der Waals surface area contributed by atoms with E-state index in [4.69, 9.17) is 0 Å². The lowest BCUT2D eigenvalue weighted by Crippen LogP contribution is -2.22. The second kappa shape index (κ2) is 5.12. The fourth-order valence-electron chi connectivity index (χ4n) is 1.46. The summed E-state index contributed by atoms with van der Waals surface area (Å²) in [6.07, 6.45) is 5.50. The van der Waals surface area contributed by atoms with Crippen molar-refractivity contribution < 1.29 is 0 Å². The summed E-state index contributed by atoms with van der Waals surface area (Å²) < 4.78 is 2.87. The SMILES string of the molecule is CC(Cn1cccn1)Nc1ncccc1Br. The van der Waals surface area contributed by atoms with Gasteiger partial charge in [0, 0.05) is 24.6 Å². The summed E-state index contributed by atoms with van der Waals surface area (Å²) >= 11 is 3.46. The first-order valence-electron chi connectivity index (χ1n) is 5.10. The quantitative estimate of drug-likeness (QED) is 0.936. The largest absolute Gasteiger partial charge is 0.365 e. The van der Waals surface area contributed by atoms with Crippen molar-refractivity contribution in [3.63, 3.8) is 0 Å². The van der Waals surface area contributed by atoms with Gasteiger partial charge in [0.1, 0.15) is 5.82 Å². The third kappa shape index (κ3) is 2.82. The molecule has 0 amide bonds. The molecule has 0 spiro atoms. The van der Waals surface area contributed by atoms with Crippen molar-refractivity contribution in [1.82, 2.24) is 14.8 Å². The predicted octanol–water partition coefficient (Wildman–Crippen LogP) is 2.54. The van der Waals surface area contributed by atoms with Crippen LogP contribution in [-0.4, -0.2) is 20.8 Å². The molecule has 0 aliphatic rings. The Balaban J connectivity index is 1.97. The molecule has 84 valence electrons. The van der Waals surface area contributed by atoms with Crippen molar-refractivity contribution in [2.45, 2.75) is 19.5 Å². The van der Waals surface area contributed by atoms with E-state index in [1.165, 1.54) is 0 Å². The number of halogens is 1. The summed E-state index contributed by atoms with van der Waals surface area (Å²) in [5.41, 5.74) is 0. The fraction of sp³-hybridized carbons (Fsp3) is 0.273. The molecule has 0 aliphatic heterocycles. The van der Waals surface area contributed by atoms with Gasteiger partial charge in [-0.15, -0.1) is 0 Å². The van der Waals surface area contributed by atoms with Crippen molar-refractivity contribution in [3.05, 3.63) is 41.3 Å². The molecule has 2 rings (SSSR count). The molecular weight excluding hydrogens is 268 g/mol. The molecule has 0 aliphatic carbocycles. The molecule has 0 bridgehead atoms. The number of rotatable bonds is 4. The third-order valence-corrected chi connectivity index (χ3v) is 2.80. The van der Waals surface area contributed by atoms with Crippen molar-refractivity contribution in [3.8, 4) is 0 Å². The predicted molar refractivity (Wildman–Crippen MR) is 67.2 cm³/mol. The van der Waals surface area contributed by atoms with Crippen LogP contribution in [0.1, 0.15) is 6.92 Å². The van der Waals surface area contributed by atoms with Gasteiger partial charge in [-0.05, 0) is 41.1 Å². The van der Waals surface area contributed by atoms with Gasteiger partial charge >= 0.3 is 0 Å².